The first-order valence-electron chi connectivity index (χ1n) is 6.63. The van der Waals surface area contributed by atoms with Gasteiger partial charge in [-0.3, -0.25) is 0 Å². The Bertz CT molecular complexity index is 593. The zero-order valence-electron chi connectivity index (χ0n) is 11.5. The summed E-state index contributed by atoms with van der Waals surface area (Å²) in [6, 6.07) is 9.41. The fourth-order valence-electron chi connectivity index (χ4n) is 2.27. The molecule has 0 saturated carbocycles. The molecule has 1 unspecified atom stereocenters. The van der Waals surface area contributed by atoms with Crippen LogP contribution in [0.15, 0.2) is 40.9 Å². The molecule has 2 aromatic carbocycles. The quantitative estimate of drug-likeness (QED) is 0.751. The van der Waals surface area contributed by atoms with Gasteiger partial charge in [-0.05, 0) is 42.8 Å². The summed E-state index contributed by atoms with van der Waals surface area (Å²) < 4.78 is 28.6. The van der Waals surface area contributed by atoms with Gasteiger partial charge in [0, 0.05) is 21.1 Å². The van der Waals surface area contributed by atoms with E-state index < -0.39 is 17.7 Å². The highest BCUT2D eigenvalue weighted by Gasteiger charge is 2.20. The maximum absolute atomic E-state index is 14.1. The van der Waals surface area contributed by atoms with Gasteiger partial charge in [-0.15, -0.1) is 0 Å². The first kappa shape index (κ1) is 16.4. The second-order valence-corrected chi connectivity index (χ2v) is 6.08. The maximum atomic E-state index is 14.1. The molecule has 0 aliphatic heterocycles. The Kier molecular flexibility index (Phi) is 5.73. The molecule has 0 aliphatic rings. The number of likely N-dealkylation sites (N-methyl/N-ethyl adjacent to an activating group) is 1. The Morgan fingerprint density at radius 3 is 2.24 bits per heavy atom. The fourth-order valence-corrected chi connectivity index (χ4v) is 2.79. The second-order valence-electron chi connectivity index (χ2n) is 4.72. The molecule has 112 valence electrons. The Labute approximate surface area is 136 Å². The minimum Gasteiger partial charge on any atom is -0.310 e. The summed E-state index contributed by atoms with van der Waals surface area (Å²) in [6.45, 7) is 2.52. The van der Waals surface area contributed by atoms with E-state index in [-0.39, 0.29) is 5.56 Å². The normalized spacial score (nSPS) is 12.4. The van der Waals surface area contributed by atoms with Crippen LogP contribution in [0.3, 0.4) is 0 Å². The topological polar surface area (TPSA) is 12.0 Å². The van der Waals surface area contributed by atoms with Gasteiger partial charge >= 0.3 is 0 Å². The highest BCUT2D eigenvalue weighted by atomic mass is 79.9. The van der Waals surface area contributed by atoms with Crippen molar-refractivity contribution in [2.45, 2.75) is 19.4 Å². The van der Waals surface area contributed by atoms with E-state index in [1.54, 1.807) is 12.1 Å². The average molecular weight is 375 g/mol. The molecule has 0 heterocycles. The van der Waals surface area contributed by atoms with Crippen LogP contribution in [-0.2, 0) is 6.42 Å². The van der Waals surface area contributed by atoms with E-state index in [9.17, 15) is 8.78 Å². The molecular weight excluding hydrogens is 360 g/mol. The summed E-state index contributed by atoms with van der Waals surface area (Å²) in [6.07, 6.45) is 0.487. The van der Waals surface area contributed by atoms with Crippen molar-refractivity contribution in [1.82, 2.24) is 5.32 Å². The van der Waals surface area contributed by atoms with E-state index in [0.29, 0.717) is 22.5 Å². The van der Waals surface area contributed by atoms with Crippen molar-refractivity contribution < 1.29 is 8.78 Å². The highest BCUT2D eigenvalue weighted by molar-refractivity contribution is 9.10. The van der Waals surface area contributed by atoms with Gasteiger partial charge in [0.05, 0.1) is 0 Å². The minimum absolute atomic E-state index is 0.0648. The standard InChI is InChI=1S/C16H15BrClF2N/c1-2-21-15(7-10-3-5-12(18)6-4-10)16-13(19)8-11(17)9-14(16)20/h3-6,8-9,15,21H,2,7H2,1H3. The van der Waals surface area contributed by atoms with Crippen LogP contribution in [0.2, 0.25) is 5.02 Å². The number of hydrogen-bond donors (Lipinski definition) is 1. The van der Waals surface area contributed by atoms with Gasteiger partial charge in [0.2, 0.25) is 0 Å². The maximum Gasteiger partial charge on any atom is 0.132 e. The van der Waals surface area contributed by atoms with Crippen LogP contribution >= 0.6 is 27.5 Å². The molecule has 0 spiro atoms. The van der Waals surface area contributed by atoms with Crippen molar-refractivity contribution >= 4 is 27.5 Å². The van der Waals surface area contributed by atoms with E-state index >= 15 is 0 Å². The van der Waals surface area contributed by atoms with E-state index in [4.69, 9.17) is 11.6 Å². The van der Waals surface area contributed by atoms with Crippen LogP contribution in [0.4, 0.5) is 8.78 Å². The minimum atomic E-state index is -0.554. The molecule has 1 atom stereocenters. The van der Waals surface area contributed by atoms with Crippen LogP contribution in [0, 0.1) is 11.6 Å². The van der Waals surface area contributed by atoms with Gasteiger partial charge in [-0.2, -0.15) is 0 Å². The van der Waals surface area contributed by atoms with Gasteiger partial charge < -0.3 is 5.32 Å². The van der Waals surface area contributed by atoms with Gasteiger partial charge in [-0.1, -0.05) is 46.6 Å². The molecule has 2 rings (SSSR count). The number of hydrogen-bond acceptors (Lipinski definition) is 1. The third-order valence-corrected chi connectivity index (χ3v) is 3.91. The molecule has 1 nitrogen and oxygen atoms in total. The number of nitrogens with one attached hydrogen (secondary N) is 1. The zero-order valence-corrected chi connectivity index (χ0v) is 13.8. The molecule has 0 aliphatic carbocycles. The molecule has 1 N–H and O–H groups in total. The molecule has 0 fully saturated rings. The highest BCUT2D eigenvalue weighted by Crippen LogP contribution is 2.27. The molecule has 0 saturated heterocycles. The molecule has 2 aromatic rings. The lowest BCUT2D eigenvalue weighted by molar-refractivity contribution is 0.472. The van der Waals surface area contributed by atoms with E-state index in [1.165, 1.54) is 12.1 Å². The first-order chi connectivity index (χ1) is 10.0. The monoisotopic (exact) mass is 373 g/mol. The Balaban J connectivity index is 2.33. The summed E-state index contributed by atoms with van der Waals surface area (Å²) in [5.74, 6) is -1.11. The van der Waals surface area contributed by atoms with Crippen molar-refractivity contribution in [3.8, 4) is 0 Å². The summed E-state index contributed by atoms with van der Waals surface area (Å²) in [5.41, 5.74) is 1.03. The largest absolute Gasteiger partial charge is 0.310 e. The van der Waals surface area contributed by atoms with Crippen LogP contribution in [0.25, 0.3) is 0 Å². The summed E-state index contributed by atoms with van der Waals surface area (Å²) in [5, 5.41) is 3.77. The summed E-state index contributed by atoms with van der Waals surface area (Å²) in [7, 11) is 0. The molecule has 0 radical (unpaired) electrons. The lowest BCUT2D eigenvalue weighted by Gasteiger charge is -2.20. The summed E-state index contributed by atoms with van der Waals surface area (Å²) in [4.78, 5) is 0. The number of rotatable bonds is 5. The van der Waals surface area contributed by atoms with Crippen molar-refractivity contribution in [3.63, 3.8) is 0 Å². The van der Waals surface area contributed by atoms with Gasteiger partial charge in [0.25, 0.3) is 0 Å². The van der Waals surface area contributed by atoms with Gasteiger partial charge in [0.1, 0.15) is 11.6 Å². The molecule has 0 amide bonds. The Hall–Kier alpha value is -0.970. The van der Waals surface area contributed by atoms with Crippen molar-refractivity contribution in [3.05, 3.63) is 68.7 Å². The second kappa shape index (κ2) is 7.34. The van der Waals surface area contributed by atoms with E-state index in [1.807, 2.05) is 19.1 Å². The first-order valence-corrected chi connectivity index (χ1v) is 7.80. The van der Waals surface area contributed by atoms with Crippen molar-refractivity contribution in [1.29, 1.82) is 0 Å². The van der Waals surface area contributed by atoms with Crippen LogP contribution in [0.5, 0.6) is 0 Å². The molecule has 21 heavy (non-hydrogen) atoms. The number of benzene rings is 2. The van der Waals surface area contributed by atoms with E-state index in [0.717, 1.165) is 5.56 Å². The Morgan fingerprint density at radius 1 is 1.14 bits per heavy atom. The predicted molar refractivity (Wildman–Crippen MR) is 85.6 cm³/mol. The molecule has 5 heteroatoms. The molecule has 0 aromatic heterocycles. The van der Waals surface area contributed by atoms with Crippen LogP contribution in [0.1, 0.15) is 24.1 Å². The average Bonchev–Trinajstić information content (AvgIpc) is 2.40. The van der Waals surface area contributed by atoms with Gasteiger partial charge in [-0.25, -0.2) is 8.78 Å². The molecule has 0 bridgehead atoms. The smallest absolute Gasteiger partial charge is 0.132 e. The third kappa shape index (κ3) is 4.25. The van der Waals surface area contributed by atoms with E-state index in [2.05, 4.69) is 21.2 Å². The van der Waals surface area contributed by atoms with Crippen LogP contribution in [-0.4, -0.2) is 6.54 Å². The summed E-state index contributed by atoms with van der Waals surface area (Å²) >= 11 is 8.95. The zero-order chi connectivity index (χ0) is 15.4. The lowest BCUT2D eigenvalue weighted by atomic mass is 9.98. The van der Waals surface area contributed by atoms with Gasteiger partial charge in [0.15, 0.2) is 0 Å². The predicted octanol–water partition coefficient (Wildman–Crippen LogP) is 5.27. The van der Waals surface area contributed by atoms with Crippen LogP contribution < -0.4 is 5.32 Å². The third-order valence-electron chi connectivity index (χ3n) is 3.20. The number of halogens is 4. The van der Waals surface area contributed by atoms with Crippen molar-refractivity contribution in [2.24, 2.45) is 0 Å². The Morgan fingerprint density at radius 2 is 1.71 bits per heavy atom. The van der Waals surface area contributed by atoms with Crippen molar-refractivity contribution in [2.75, 3.05) is 6.54 Å². The SMILES string of the molecule is CCNC(Cc1ccc(Cl)cc1)c1c(F)cc(Br)cc1F. The fraction of sp³-hybridized carbons (Fsp3) is 0.250. The molecular formula is C16H15BrClF2N. The lowest BCUT2D eigenvalue weighted by Crippen LogP contribution is -2.25.